The number of benzene rings is 3. The van der Waals surface area contributed by atoms with Gasteiger partial charge in [-0.1, -0.05) is 66.0 Å². The summed E-state index contributed by atoms with van der Waals surface area (Å²) in [5.74, 6) is -0.610. The second-order valence-corrected chi connectivity index (χ2v) is 12.8. The van der Waals surface area contributed by atoms with Gasteiger partial charge in [-0.25, -0.2) is 8.42 Å². The second-order valence-electron chi connectivity index (χ2n) is 10.1. The molecule has 3 rings (SSSR count). The zero-order valence-electron chi connectivity index (χ0n) is 24.4. The van der Waals surface area contributed by atoms with Crippen LogP contribution in [0.15, 0.2) is 71.6 Å². The molecule has 0 aliphatic rings. The first-order valence-corrected chi connectivity index (χ1v) is 15.9. The van der Waals surface area contributed by atoms with Crippen molar-refractivity contribution in [1.29, 1.82) is 0 Å². The van der Waals surface area contributed by atoms with Gasteiger partial charge in [0.25, 0.3) is 10.0 Å². The van der Waals surface area contributed by atoms with Crippen molar-refractivity contribution in [3.8, 4) is 5.75 Å². The van der Waals surface area contributed by atoms with Crippen LogP contribution in [0.25, 0.3) is 0 Å². The average molecular weight is 635 g/mol. The monoisotopic (exact) mass is 633 g/mol. The molecule has 0 bridgehead atoms. The van der Waals surface area contributed by atoms with E-state index in [0.29, 0.717) is 34.4 Å². The summed E-state index contributed by atoms with van der Waals surface area (Å²) < 4.78 is 35.0. The van der Waals surface area contributed by atoms with Crippen molar-refractivity contribution < 1.29 is 22.7 Å². The van der Waals surface area contributed by atoms with Crippen molar-refractivity contribution in [2.24, 2.45) is 0 Å². The number of aryl methyl sites for hydroxylation is 1. The van der Waals surface area contributed by atoms with Crippen LogP contribution in [0.1, 0.15) is 45.2 Å². The molecule has 8 nitrogen and oxygen atoms in total. The standard InChI is InChI=1S/C31H37Cl2N3O5S/c1-6-27(31(38)34-21(3)4)35(19-23-14-17-25(32)26(33)18-23)30(37)20-36(28-10-8-9-11-29(28)41-7-2)42(39,40)24-15-12-22(5)13-16-24/h8-18,21,27H,6-7,19-20H2,1-5H3,(H,34,38)/t27-/m0/s1. The van der Waals surface area contributed by atoms with Crippen LogP contribution in [-0.4, -0.2) is 50.4 Å². The number of hydrogen-bond donors (Lipinski definition) is 1. The molecule has 0 aliphatic heterocycles. The molecule has 42 heavy (non-hydrogen) atoms. The topological polar surface area (TPSA) is 96.0 Å². The summed E-state index contributed by atoms with van der Waals surface area (Å²) in [5, 5.41) is 3.53. The lowest BCUT2D eigenvalue weighted by Gasteiger charge is -2.34. The first-order chi connectivity index (χ1) is 19.9. The minimum atomic E-state index is -4.23. The summed E-state index contributed by atoms with van der Waals surface area (Å²) in [5.41, 5.74) is 1.74. The molecule has 0 radical (unpaired) electrons. The van der Waals surface area contributed by atoms with E-state index in [-0.39, 0.29) is 29.1 Å². The molecule has 1 N–H and O–H groups in total. The summed E-state index contributed by atoms with van der Waals surface area (Å²) in [7, 11) is -4.23. The van der Waals surface area contributed by atoms with Crippen LogP contribution in [0, 0.1) is 6.92 Å². The predicted molar refractivity (Wildman–Crippen MR) is 168 cm³/mol. The van der Waals surface area contributed by atoms with Gasteiger partial charge in [0, 0.05) is 12.6 Å². The van der Waals surface area contributed by atoms with Gasteiger partial charge in [0.1, 0.15) is 18.3 Å². The van der Waals surface area contributed by atoms with Gasteiger partial charge >= 0.3 is 0 Å². The van der Waals surface area contributed by atoms with E-state index in [1.165, 1.54) is 17.0 Å². The molecule has 0 unspecified atom stereocenters. The lowest BCUT2D eigenvalue weighted by Crippen LogP contribution is -2.53. The molecule has 3 aromatic rings. The molecule has 0 heterocycles. The summed E-state index contributed by atoms with van der Waals surface area (Å²) >= 11 is 12.4. The third-order valence-electron chi connectivity index (χ3n) is 6.48. The fourth-order valence-corrected chi connectivity index (χ4v) is 6.17. The minimum Gasteiger partial charge on any atom is -0.492 e. The fourth-order valence-electron chi connectivity index (χ4n) is 4.43. The van der Waals surface area contributed by atoms with Gasteiger partial charge in [0.2, 0.25) is 11.8 Å². The zero-order valence-corrected chi connectivity index (χ0v) is 26.8. The normalized spacial score (nSPS) is 12.1. The Morgan fingerprint density at radius 1 is 0.952 bits per heavy atom. The third-order valence-corrected chi connectivity index (χ3v) is 8.99. The van der Waals surface area contributed by atoms with Gasteiger partial charge in [-0.05, 0) is 76.1 Å². The van der Waals surface area contributed by atoms with Gasteiger partial charge < -0.3 is 15.0 Å². The van der Waals surface area contributed by atoms with Crippen LogP contribution < -0.4 is 14.4 Å². The van der Waals surface area contributed by atoms with E-state index < -0.39 is 28.5 Å². The Morgan fingerprint density at radius 3 is 2.21 bits per heavy atom. The van der Waals surface area contributed by atoms with E-state index in [2.05, 4.69) is 5.32 Å². The number of rotatable bonds is 13. The molecule has 11 heteroatoms. The molecular formula is C31H37Cl2N3O5S. The number of sulfonamides is 1. The summed E-state index contributed by atoms with van der Waals surface area (Å²) in [6, 6.07) is 17.0. The van der Waals surface area contributed by atoms with Crippen LogP contribution in [0.5, 0.6) is 5.75 Å². The number of nitrogens with one attached hydrogen (secondary N) is 1. The molecule has 0 fully saturated rings. The summed E-state index contributed by atoms with van der Waals surface area (Å²) in [6.45, 7) is 8.82. The average Bonchev–Trinajstić information content (AvgIpc) is 2.94. The Labute approximate surface area is 258 Å². The van der Waals surface area contributed by atoms with Crippen molar-refractivity contribution in [3.63, 3.8) is 0 Å². The van der Waals surface area contributed by atoms with E-state index in [4.69, 9.17) is 27.9 Å². The number of hydrogen-bond acceptors (Lipinski definition) is 5. The van der Waals surface area contributed by atoms with Crippen LogP contribution >= 0.6 is 23.2 Å². The Hall–Kier alpha value is -3.27. The highest BCUT2D eigenvalue weighted by Crippen LogP contribution is 2.33. The number of ether oxygens (including phenoxy) is 1. The molecule has 1 atom stereocenters. The molecule has 0 spiro atoms. The van der Waals surface area contributed by atoms with E-state index in [1.807, 2.05) is 20.8 Å². The summed E-state index contributed by atoms with van der Waals surface area (Å²) in [4.78, 5) is 28.9. The number of amides is 2. The third kappa shape index (κ3) is 8.18. The lowest BCUT2D eigenvalue weighted by atomic mass is 10.1. The lowest BCUT2D eigenvalue weighted by molar-refractivity contribution is -0.140. The van der Waals surface area contributed by atoms with Crippen LogP contribution in [-0.2, 0) is 26.2 Å². The maximum absolute atomic E-state index is 14.2. The van der Waals surface area contributed by atoms with Crippen molar-refractivity contribution in [3.05, 3.63) is 87.9 Å². The number of carbonyl (C=O) groups excluding carboxylic acids is 2. The fraction of sp³-hybridized carbons (Fsp3) is 0.355. The molecular weight excluding hydrogens is 597 g/mol. The van der Waals surface area contributed by atoms with Crippen LogP contribution in [0.3, 0.4) is 0 Å². The highest BCUT2D eigenvalue weighted by atomic mass is 35.5. The maximum Gasteiger partial charge on any atom is 0.264 e. The van der Waals surface area contributed by atoms with Crippen molar-refractivity contribution >= 4 is 50.7 Å². The Morgan fingerprint density at radius 2 is 1.62 bits per heavy atom. The van der Waals surface area contributed by atoms with Gasteiger partial charge in [0.05, 0.1) is 27.2 Å². The molecule has 0 aromatic heterocycles. The number of para-hydroxylation sites is 2. The number of anilines is 1. The Kier molecular flexibility index (Phi) is 11.7. The SMILES string of the molecule is CCOc1ccccc1N(CC(=O)N(Cc1ccc(Cl)c(Cl)c1)[C@@H](CC)C(=O)NC(C)C)S(=O)(=O)c1ccc(C)cc1. The second kappa shape index (κ2) is 14.8. The van der Waals surface area contributed by atoms with Crippen LogP contribution in [0.4, 0.5) is 5.69 Å². The quantitative estimate of drug-likeness (QED) is 0.241. The molecule has 0 saturated heterocycles. The highest BCUT2D eigenvalue weighted by molar-refractivity contribution is 7.92. The van der Waals surface area contributed by atoms with Crippen LogP contribution in [0.2, 0.25) is 10.0 Å². The first-order valence-electron chi connectivity index (χ1n) is 13.7. The smallest absolute Gasteiger partial charge is 0.264 e. The predicted octanol–water partition coefficient (Wildman–Crippen LogP) is 6.23. The van der Waals surface area contributed by atoms with Crippen molar-refractivity contribution in [2.45, 2.75) is 64.6 Å². The van der Waals surface area contributed by atoms with E-state index >= 15 is 0 Å². The Bertz CT molecular complexity index is 1500. The van der Waals surface area contributed by atoms with E-state index in [1.54, 1.807) is 68.4 Å². The number of halogens is 2. The molecule has 0 saturated carbocycles. The minimum absolute atomic E-state index is 0.00523. The maximum atomic E-state index is 14.2. The van der Waals surface area contributed by atoms with E-state index in [9.17, 15) is 18.0 Å². The van der Waals surface area contributed by atoms with Gasteiger partial charge in [-0.2, -0.15) is 0 Å². The zero-order chi connectivity index (χ0) is 31.0. The first kappa shape index (κ1) is 33.2. The molecule has 226 valence electrons. The van der Waals surface area contributed by atoms with Crippen molar-refractivity contribution in [1.82, 2.24) is 10.2 Å². The Balaban J connectivity index is 2.13. The van der Waals surface area contributed by atoms with Gasteiger partial charge in [0.15, 0.2) is 0 Å². The highest BCUT2D eigenvalue weighted by Gasteiger charge is 2.35. The van der Waals surface area contributed by atoms with Gasteiger partial charge in [-0.15, -0.1) is 0 Å². The molecule has 3 aromatic carbocycles. The van der Waals surface area contributed by atoms with Gasteiger partial charge in [-0.3, -0.25) is 13.9 Å². The molecule has 0 aliphatic carbocycles. The molecule has 2 amide bonds. The summed E-state index contributed by atoms with van der Waals surface area (Å²) in [6.07, 6.45) is 0.297. The van der Waals surface area contributed by atoms with E-state index in [0.717, 1.165) is 9.87 Å². The number of nitrogens with zero attached hydrogens (tertiary/aromatic N) is 2. The van der Waals surface area contributed by atoms with Crippen molar-refractivity contribution in [2.75, 3.05) is 17.5 Å². The largest absolute Gasteiger partial charge is 0.492 e. The number of carbonyl (C=O) groups is 2.